The second-order valence-electron chi connectivity index (χ2n) is 4.22. The van der Waals surface area contributed by atoms with Crippen molar-refractivity contribution in [1.29, 1.82) is 0 Å². The van der Waals surface area contributed by atoms with Gasteiger partial charge in [0.25, 0.3) is 5.91 Å². The van der Waals surface area contributed by atoms with Crippen LogP contribution in [0.2, 0.25) is 0 Å². The van der Waals surface area contributed by atoms with E-state index < -0.39 is 18.0 Å². The molecule has 6 heteroatoms. The molecule has 1 aromatic rings. The summed E-state index contributed by atoms with van der Waals surface area (Å²) in [7, 11) is 3.10. The summed E-state index contributed by atoms with van der Waals surface area (Å²) in [5.41, 5.74) is 5.92. The zero-order valence-corrected chi connectivity index (χ0v) is 11.8. The molecule has 0 aliphatic heterocycles. The highest BCUT2D eigenvalue weighted by molar-refractivity contribution is 5.81. The average molecular weight is 281 g/mol. The summed E-state index contributed by atoms with van der Waals surface area (Å²) in [6, 6.07) is 5.40. The fraction of sp³-hybridized carbons (Fsp3) is 0.429. The Bertz CT molecular complexity index is 486. The summed E-state index contributed by atoms with van der Waals surface area (Å²) in [6.07, 6.45) is -0.273. The smallest absolute Gasteiger partial charge is 0.306 e. The van der Waals surface area contributed by atoms with Gasteiger partial charge in [0.1, 0.15) is 0 Å². The van der Waals surface area contributed by atoms with E-state index in [0.717, 1.165) is 5.56 Å². The van der Waals surface area contributed by atoms with Gasteiger partial charge in [0.05, 0.1) is 14.2 Å². The van der Waals surface area contributed by atoms with Crippen molar-refractivity contribution in [3.63, 3.8) is 0 Å². The molecule has 1 unspecified atom stereocenters. The van der Waals surface area contributed by atoms with Crippen molar-refractivity contribution in [2.75, 3.05) is 14.2 Å². The van der Waals surface area contributed by atoms with Gasteiger partial charge in [0.2, 0.25) is 0 Å². The standard InChI is InChI=1S/C14H19NO5/c1-9(14(15)17)20-13(16)7-5-10-4-6-11(18-2)12(8-10)19-3/h4,6,8-9H,5,7H2,1-3H3,(H2,15,17). The lowest BCUT2D eigenvalue weighted by atomic mass is 10.1. The number of carbonyl (C=O) groups excluding carboxylic acids is 2. The number of esters is 1. The quantitative estimate of drug-likeness (QED) is 0.755. The monoisotopic (exact) mass is 281 g/mol. The van der Waals surface area contributed by atoms with Crippen molar-refractivity contribution in [2.45, 2.75) is 25.9 Å². The number of primary amides is 1. The third-order valence-corrected chi connectivity index (χ3v) is 2.77. The van der Waals surface area contributed by atoms with Crippen molar-refractivity contribution >= 4 is 11.9 Å². The summed E-state index contributed by atoms with van der Waals surface area (Å²) in [6.45, 7) is 1.44. The lowest BCUT2D eigenvalue weighted by molar-refractivity contribution is -0.153. The fourth-order valence-corrected chi connectivity index (χ4v) is 1.60. The molecule has 1 atom stereocenters. The number of amides is 1. The molecule has 0 heterocycles. The van der Waals surface area contributed by atoms with Crippen LogP contribution in [0.5, 0.6) is 11.5 Å². The lowest BCUT2D eigenvalue weighted by Crippen LogP contribution is -2.30. The van der Waals surface area contributed by atoms with Crippen LogP contribution in [0.4, 0.5) is 0 Å². The molecule has 1 amide bonds. The molecule has 0 aliphatic rings. The Hall–Kier alpha value is -2.24. The van der Waals surface area contributed by atoms with Gasteiger partial charge in [0, 0.05) is 6.42 Å². The van der Waals surface area contributed by atoms with Crippen molar-refractivity contribution in [3.8, 4) is 11.5 Å². The normalized spacial score (nSPS) is 11.6. The Morgan fingerprint density at radius 2 is 1.85 bits per heavy atom. The minimum Gasteiger partial charge on any atom is -0.493 e. The Labute approximate surface area is 117 Å². The van der Waals surface area contributed by atoms with Gasteiger partial charge < -0.3 is 19.9 Å². The van der Waals surface area contributed by atoms with E-state index in [1.807, 2.05) is 6.07 Å². The van der Waals surface area contributed by atoms with Crippen LogP contribution < -0.4 is 15.2 Å². The van der Waals surface area contributed by atoms with Crippen LogP contribution in [0.3, 0.4) is 0 Å². The van der Waals surface area contributed by atoms with Gasteiger partial charge in [-0.05, 0) is 31.0 Å². The van der Waals surface area contributed by atoms with Gasteiger partial charge in [-0.2, -0.15) is 0 Å². The first kappa shape index (κ1) is 15.8. The van der Waals surface area contributed by atoms with Crippen LogP contribution in [0.15, 0.2) is 18.2 Å². The van der Waals surface area contributed by atoms with Gasteiger partial charge in [-0.3, -0.25) is 9.59 Å². The van der Waals surface area contributed by atoms with Crippen LogP contribution in [-0.2, 0) is 20.7 Å². The number of ether oxygens (including phenoxy) is 3. The van der Waals surface area contributed by atoms with Crippen LogP contribution in [0, 0.1) is 0 Å². The summed E-state index contributed by atoms with van der Waals surface area (Å²) in [4.78, 5) is 22.3. The van der Waals surface area contributed by atoms with Crippen LogP contribution in [-0.4, -0.2) is 32.2 Å². The molecule has 1 rings (SSSR count). The third-order valence-electron chi connectivity index (χ3n) is 2.77. The van der Waals surface area contributed by atoms with Crippen LogP contribution in [0.25, 0.3) is 0 Å². The maximum Gasteiger partial charge on any atom is 0.306 e. The van der Waals surface area contributed by atoms with Gasteiger partial charge >= 0.3 is 5.97 Å². The summed E-state index contributed by atoms with van der Waals surface area (Å²) in [5.74, 6) is 0.0978. The van der Waals surface area contributed by atoms with Crippen LogP contribution in [0.1, 0.15) is 18.9 Å². The number of hydrogen-bond donors (Lipinski definition) is 1. The summed E-state index contributed by atoms with van der Waals surface area (Å²) in [5, 5.41) is 0. The fourth-order valence-electron chi connectivity index (χ4n) is 1.60. The first-order chi connectivity index (χ1) is 9.47. The lowest BCUT2D eigenvalue weighted by Gasteiger charge is -2.11. The highest BCUT2D eigenvalue weighted by atomic mass is 16.5. The number of methoxy groups -OCH3 is 2. The Kier molecular flexibility index (Phi) is 5.83. The van der Waals surface area contributed by atoms with E-state index in [1.165, 1.54) is 6.92 Å². The Morgan fingerprint density at radius 1 is 1.20 bits per heavy atom. The largest absolute Gasteiger partial charge is 0.493 e. The zero-order valence-electron chi connectivity index (χ0n) is 11.8. The third kappa shape index (κ3) is 4.46. The Morgan fingerprint density at radius 3 is 2.40 bits per heavy atom. The van der Waals surface area contributed by atoms with Crippen LogP contribution >= 0.6 is 0 Å². The molecule has 0 radical (unpaired) electrons. The first-order valence-corrected chi connectivity index (χ1v) is 6.17. The van der Waals surface area contributed by atoms with Crippen molar-refractivity contribution in [3.05, 3.63) is 23.8 Å². The molecule has 0 bridgehead atoms. The number of aryl methyl sites for hydroxylation is 1. The molecule has 0 saturated carbocycles. The van der Waals surface area contributed by atoms with Crippen molar-refractivity contribution in [2.24, 2.45) is 5.73 Å². The number of hydrogen-bond acceptors (Lipinski definition) is 5. The Balaban J connectivity index is 2.57. The molecule has 0 aromatic heterocycles. The van der Waals surface area contributed by atoms with E-state index in [2.05, 4.69) is 0 Å². The van der Waals surface area contributed by atoms with E-state index in [1.54, 1.807) is 26.4 Å². The molecule has 0 fully saturated rings. The second-order valence-corrected chi connectivity index (χ2v) is 4.22. The first-order valence-electron chi connectivity index (χ1n) is 6.17. The zero-order chi connectivity index (χ0) is 15.1. The van der Waals surface area contributed by atoms with Crippen molar-refractivity contribution < 1.29 is 23.8 Å². The number of carbonyl (C=O) groups is 2. The molecule has 2 N–H and O–H groups in total. The van der Waals surface area contributed by atoms with Gasteiger partial charge in [0.15, 0.2) is 17.6 Å². The van der Waals surface area contributed by atoms with Gasteiger partial charge in [-0.25, -0.2) is 0 Å². The number of rotatable bonds is 7. The average Bonchev–Trinajstić information content (AvgIpc) is 2.44. The maximum absolute atomic E-state index is 11.5. The minimum absolute atomic E-state index is 0.160. The summed E-state index contributed by atoms with van der Waals surface area (Å²) < 4.78 is 15.2. The molecule has 20 heavy (non-hydrogen) atoms. The molecular formula is C14H19NO5. The van der Waals surface area contributed by atoms with E-state index >= 15 is 0 Å². The highest BCUT2D eigenvalue weighted by Crippen LogP contribution is 2.27. The summed E-state index contributed by atoms with van der Waals surface area (Å²) >= 11 is 0. The second kappa shape index (κ2) is 7.37. The predicted molar refractivity (Wildman–Crippen MR) is 72.6 cm³/mol. The molecule has 0 aliphatic carbocycles. The highest BCUT2D eigenvalue weighted by Gasteiger charge is 2.14. The molecule has 110 valence electrons. The maximum atomic E-state index is 11.5. The predicted octanol–water partition coefficient (Wildman–Crippen LogP) is 1.05. The number of nitrogens with two attached hydrogens (primary N) is 1. The van der Waals surface area contributed by atoms with Gasteiger partial charge in [-0.1, -0.05) is 6.07 Å². The van der Waals surface area contributed by atoms with E-state index in [4.69, 9.17) is 19.9 Å². The number of benzene rings is 1. The van der Waals surface area contributed by atoms with E-state index in [9.17, 15) is 9.59 Å². The van der Waals surface area contributed by atoms with Gasteiger partial charge in [-0.15, -0.1) is 0 Å². The SMILES string of the molecule is COc1ccc(CCC(=O)OC(C)C(N)=O)cc1OC. The molecule has 0 saturated heterocycles. The molecular weight excluding hydrogens is 262 g/mol. The molecule has 1 aromatic carbocycles. The van der Waals surface area contributed by atoms with Crippen molar-refractivity contribution in [1.82, 2.24) is 0 Å². The minimum atomic E-state index is -0.909. The molecule has 6 nitrogen and oxygen atoms in total. The molecule has 0 spiro atoms. The van der Waals surface area contributed by atoms with E-state index in [-0.39, 0.29) is 6.42 Å². The van der Waals surface area contributed by atoms with E-state index in [0.29, 0.717) is 17.9 Å². The topological polar surface area (TPSA) is 87.9 Å².